The summed E-state index contributed by atoms with van der Waals surface area (Å²) in [5, 5.41) is 2.83. The van der Waals surface area contributed by atoms with Gasteiger partial charge in [0.25, 0.3) is 0 Å². The van der Waals surface area contributed by atoms with E-state index in [2.05, 4.69) is 10.3 Å². The number of rotatable bonds is 11. The van der Waals surface area contributed by atoms with Crippen LogP contribution in [-0.2, 0) is 21.4 Å². The number of amides is 1. The maximum Gasteiger partial charge on any atom is 0.243 e. The Labute approximate surface area is 199 Å². The number of aryl methyl sites for hydroxylation is 1. The van der Waals surface area contributed by atoms with Crippen LogP contribution in [-0.4, -0.2) is 62.6 Å². The Bertz CT molecular complexity index is 1240. The number of anilines is 1. The lowest BCUT2D eigenvalue weighted by atomic mass is 10.2. The molecule has 1 aromatic heterocycles. The fourth-order valence-electron chi connectivity index (χ4n) is 3.69. The number of carbonyl (C=O) groups excluding carboxylic acids is 1. The lowest BCUT2D eigenvalue weighted by Gasteiger charge is -2.18. The lowest BCUT2D eigenvalue weighted by Crippen LogP contribution is -2.30. The number of imidazole rings is 1. The van der Waals surface area contributed by atoms with Crippen LogP contribution in [0.5, 0.6) is 17.2 Å². The number of aromatic nitrogens is 2. The number of carbonyl (C=O) groups is 1. The van der Waals surface area contributed by atoms with Crippen molar-refractivity contribution in [3.8, 4) is 17.2 Å². The summed E-state index contributed by atoms with van der Waals surface area (Å²) in [7, 11) is 0.952. The number of hydrogen-bond acceptors (Lipinski definition) is 7. The van der Waals surface area contributed by atoms with Gasteiger partial charge in [-0.15, -0.1) is 0 Å². The molecule has 0 bridgehead atoms. The summed E-state index contributed by atoms with van der Waals surface area (Å²) in [6.07, 6.45) is 1.78. The van der Waals surface area contributed by atoms with E-state index in [1.165, 1.54) is 25.6 Å². The van der Waals surface area contributed by atoms with Gasteiger partial charge in [-0.3, -0.25) is 4.79 Å². The Hall–Kier alpha value is -3.31. The summed E-state index contributed by atoms with van der Waals surface area (Å²) in [6.45, 7) is 4.77. The average Bonchev–Trinajstić information content (AvgIpc) is 3.25. The Morgan fingerprint density at radius 1 is 1.03 bits per heavy atom. The van der Waals surface area contributed by atoms with Crippen LogP contribution in [0, 0.1) is 0 Å². The largest absolute Gasteiger partial charge is 0.493 e. The predicted octanol–water partition coefficient (Wildman–Crippen LogP) is 3.12. The van der Waals surface area contributed by atoms with Crippen molar-refractivity contribution in [1.29, 1.82) is 0 Å². The van der Waals surface area contributed by atoms with Crippen LogP contribution >= 0.6 is 0 Å². The number of nitrogens with zero attached hydrogens (tertiary/aromatic N) is 3. The molecule has 0 aliphatic rings. The van der Waals surface area contributed by atoms with Gasteiger partial charge in [0.2, 0.25) is 21.7 Å². The molecule has 0 aliphatic carbocycles. The van der Waals surface area contributed by atoms with Crippen LogP contribution in [0.4, 0.5) is 5.69 Å². The van der Waals surface area contributed by atoms with E-state index in [0.717, 1.165) is 5.52 Å². The zero-order valence-electron chi connectivity index (χ0n) is 20.0. The van der Waals surface area contributed by atoms with Gasteiger partial charge in [-0.25, -0.2) is 13.4 Å². The molecule has 0 fully saturated rings. The van der Waals surface area contributed by atoms with Crippen LogP contribution in [0.1, 0.15) is 20.3 Å². The van der Waals surface area contributed by atoms with E-state index in [4.69, 9.17) is 14.2 Å². The van der Waals surface area contributed by atoms with Crippen molar-refractivity contribution in [3.05, 3.63) is 36.7 Å². The summed E-state index contributed by atoms with van der Waals surface area (Å²) in [5.41, 5.74) is 1.82. The van der Waals surface area contributed by atoms with Gasteiger partial charge in [0.05, 0.1) is 43.6 Å². The predicted molar refractivity (Wildman–Crippen MR) is 129 cm³/mol. The molecule has 0 saturated carbocycles. The van der Waals surface area contributed by atoms with Crippen LogP contribution < -0.4 is 19.5 Å². The number of fused-ring (bicyclic) bond motifs is 1. The van der Waals surface area contributed by atoms with E-state index in [1.807, 2.05) is 4.57 Å². The first-order valence-corrected chi connectivity index (χ1v) is 12.3. The lowest BCUT2D eigenvalue weighted by molar-refractivity contribution is -0.116. The van der Waals surface area contributed by atoms with Gasteiger partial charge in [-0.1, -0.05) is 13.8 Å². The Morgan fingerprint density at radius 2 is 1.68 bits per heavy atom. The van der Waals surface area contributed by atoms with Crippen molar-refractivity contribution in [3.63, 3.8) is 0 Å². The van der Waals surface area contributed by atoms with Crippen LogP contribution in [0.3, 0.4) is 0 Å². The molecule has 34 heavy (non-hydrogen) atoms. The molecule has 1 amide bonds. The Morgan fingerprint density at radius 3 is 2.24 bits per heavy atom. The van der Waals surface area contributed by atoms with Crippen molar-refractivity contribution >= 4 is 32.7 Å². The number of benzene rings is 2. The number of methoxy groups -OCH3 is 3. The monoisotopic (exact) mass is 490 g/mol. The molecule has 0 spiro atoms. The first kappa shape index (κ1) is 25.3. The summed E-state index contributed by atoms with van der Waals surface area (Å²) in [6, 6.07) is 8.17. The molecular formula is C23H30N4O6S. The molecule has 3 rings (SSSR count). The summed E-state index contributed by atoms with van der Waals surface area (Å²) in [5.74, 6) is 1.11. The smallest absolute Gasteiger partial charge is 0.243 e. The van der Waals surface area contributed by atoms with E-state index >= 15 is 0 Å². The zero-order valence-corrected chi connectivity index (χ0v) is 20.8. The highest BCUT2D eigenvalue weighted by atomic mass is 32.2. The standard InChI is InChI=1S/C23H30N4O6S/c1-6-27(7-2)34(29,30)17-8-9-19-18(14-17)24-15-26(19)11-10-22(28)25-16-12-20(31-3)23(33-5)21(13-16)32-4/h8-9,12-15H,6-7,10-11H2,1-5H3,(H,25,28). The first-order chi connectivity index (χ1) is 16.3. The van der Waals surface area contributed by atoms with Gasteiger partial charge in [0, 0.05) is 43.9 Å². The molecule has 0 saturated heterocycles. The summed E-state index contributed by atoms with van der Waals surface area (Å²) in [4.78, 5) is 17.1. The quantitative estimate of drug-likeness (QED) is 0.439. The molecule has 10 nitrogen and oxygen atoms in total. The minimum Gasteiger partial charge on any atom is -0.493 e. The second-order valence-corrected chi connectivity index (χ2v) is 9.33. The van der Waals surface area contributed by atoms with Gasteiger partial charge >= 0.3 is 0 Å². The molecular weight excluding hydrogens is 460 g/mol. The highest BCUT2D eigenvalue weighted by Gasteiger charge is 2.22. The molecule has 0 radical (unpaired) electrons. The molecule has 0 atom stereocenters. The van der Waals surface area contributed by atoms with E-state index in [-0.39, 0.29) is 17.2 Å². The second kappa shape index (κ2) is 10.7. The van der Waals surface area contributed by atoms with Gasteiger partial charge < -0.3 is 24.1 Å². The van der Waals surface area contributed by atoms with E-state index < -0.39 is 10.0 Å². The van der Waals surface area contributed by atoms with Crippen LogP contribution in [0.25, 0.3) is 11.0 Å². The highest BCUT2D eigenvalue weighted by molar-refractivity contribution is 7.89. The number of sulfonamides is 1. The molecule has 0 aliphatic heterocycles. The molecule has 1 heterocycles. The minimum atomic E-state index is -3.57. The maximum atomic E-state index is 12.8. The van der Waals surface area contributed by atoms with Crippen molar-refractivity contribution in [1.82, 2.24) is 13.9 Å². The fraction of sp³-hybridized carbons (Fsp3) is 0.391. The second-order valence-electron chi connectivity index (χ2n) is 7.39. The molecule has 0 unspecified atom stereocenters. The van der Waals surface area contributed by atoms with Crippen molar-refractivity contribution < 1.29 is 27.4 Å². The van der Waals surface area contributed by atoms with Crippen LogP contribution in [0.15, 0.2) is 41.6 Å². The van der Waals surface area contributed by atoms with E-state index in [1.54, 1.807) is 50.5 Å². The summed E-state index contributed by atoms with van der Waals surface area (Å²) < 4.78 is 44.7. The van der Waals surface area contributed by atoms with E-state index in [9.17, 15) is 13.2 Å². The maximum absolute atomic E-state index is 12.8. The molecule has 11 heteroatoms. The SMILES string of the molecule is CCN(CC)S(=O)(=O)c1ccc2c(c1)ncn2CCC(=O)Nc1cc(OC)c(OC)c(OC)c1. The van der Waals surface area contributed by atoms with Gasteiger partial charge in [-0.05, 0) is 18.2 Å². The normalized spacial score (nSPS) is 11.6. The number of ether oxygens (including phenoxy) is 3. The average molecular weight is 491 g/mol. The molecule has 2 aromatic carbocycles. The summed E-state index contributed by atoms with van der Waals surface area (Å²) >= 11 is 0. The minimum absolute atomic E-state index is 0.182. The third-order valence-corrected chi connectivity index (χ3v) is 7.51. The van der Waals surface area contributed by atoms with Crippen LogP contribution in [0.2, 0.25) is 0 Å². The van der Waals surface area contributed by atoms with Crippen molar-refractivity contribution in [2.45, 2.75) is 31.7 Å². The highest BCUT2D eigenvalue weighted by Crippen LogP contribution is 2.40. The van der Waals surface area contributed by atoms with E-state index in [0.29, 0.717) is 48.1 Å². The number of hydrogen-bond donors (Lipinski definition) is 1. The molecule has 3 aromatic rings. The van der Waals surface area contributed by atoms with Gasteiger partial charge in [0.1, 0.15) is 0 Å². The van der Waals surface area contributed by atoms with Gasteiger partial charge in [0.15, 0.2) is 11.5 Å². The molecule has 184 valence electrons. The van der Waals surface area contributed by atoms with Crippen molar-refractivity contribution in [2.75, 3.05) is 39.7 Å². The third-order valence-electron chi connectivity index (χ3n) is 5.46. The zero-order chi connectivity index (χ0) is 24.9. The first-order valence-electron chi connectivity index (χ1n) is 10.8. The molecule has 1 N–H and O–H groups in total. The number of nitrogens with one attached hydrogen (secondary N) is 1. The van der Waals surface area contributed by atoms with Crippen molar-refractivity contribution in [2.24, 2.45) is 0 Å². The topological polar surface area (TPSA) is 112 Å². The Kier molecular flexibility index (Phi) is 8.00. The third kappa shape index (κ3) is 5.10. The fourth-order valence-corrected chi connectivity index (χ4v) is 5.17. The van der Waals surface area contributed by atoms with Gasteiger partial charge in [-0.2, -0.15) is 4.31 Å². The Balaban J connectivity index is 1.73.